The Kier molecular flexibility index (Phi) is 3.69. The summed E-state index contributed by atoms with van der Waals surface area (Å²) in [7, 11) is 3.27. The highest BCUT2D eigenvalue weighted by molar-refractivity contribution is 5.84. The molecule has 0 atom stereocenters. The fourth-order valence-electron chi connectivity index (χ4n) is 3.24. The van der Waals surface area contributed by atoms with Crippen LogP contribution in [-0.2, 0) is 12.8 Å². The number of rotatable bonds is 4. The van der Waals surface area contributed by atoms with Crippen LogP contribution in [0.1, 0.15) is 16.8 Å². The summed E-state index contributed by atoms with van der Waals surface area (Å²) in [6, 6.07) is 10.4. The maximum absolute atomic E-state index is 5.42. The Morgan fingerprint density at radius 1 is 1.04 bits per heavy atom. The molecule has 0 spiro atoms. The van der Waals surface area contributed by atoms with Crippen LogP contribution in [0.4, 0.5) is 5.69 Å². The lowest BCUT2D eigenvalue weighted by molar-refractivity contribution is 0.355. The van der Waals surface area contributed by atoms with Crippen LogP contribution in [0.25, 0.3) is 10.9 Å². The Labute approximate surface area is 140 Å². The zero-order chi connectivity index (χ0) is 16.5. The highest BCUT2D eigenvalue weighted by Crippen LogP contribution is 2.33. The van der Waals surface area contributed by atoms with Crippen molar-refractivity contribution in [1.29, 1.82) is 0 Å². The normalized spacial score (nSPS) is 12.8. The molecule has 0 aliphatic carbocycles. The van der Waals surface area contributed by atoms with Gasteiger partial charge in [-0.15, -0.1) is 0 Å². The third-order valence-corrected chi connectivity index (χ3v) is 4.47. The van der Waals surface area contributed by atoms with Crippen molar-refractivity contribution in [2.45, 2.75) is 12.8 Å². The molecule has 5 nitrogen and oxygen atoms in total. The quantitative estimate of drug-likeness (QED) is 0.800. The molecule has 0 bridgehead atoms. The number of anilines is 1. The first-order chi connectivity index (χ1) is 11.8. The van der Waals surface area contributed by atoms with E-state index >= 15 is 0 Å². The van der Waals surface area contributed by atoms with E-state index in [2.05, 4.69) is 33.5 Å². The summed E-state index contributed by atoms with van der Waals surface area (Å²) in [5, 5.41) is 4.39. The van der Waals surface area contributed by atoms with Gasteiger partial charge in [0.1, 0.15) is 6.33 Å². The van der Waals surface area contributed by atoms with E-state index in [-0.39, 0.29) is 0 Å². The van der Waals surface area contributed by atoms with E-state index in [9.17, 15) is 0 Å². The Morgan fingerprint density at radius 3 is 2.71 bits per heavy atom. The lowest BCUT2D eigenvalue weighted by Gasteiger charge is -2.11. The van der Waals surface area contributed by atoms with E-state index in [1.54, 1.807) is 20.5 Å². The summed E-state index contributed by atoms with van der Waals surface area (Å²) in [4.78, 5) is 8.87. The van der Waals surface area contributed by atoms with Gasteiger partial charge >= 0.3 is 0 Å². The molecular formula is C19H19N3O2. The monoisotopic (exact) mass is 321 g/mol. The number of hydrogen-bond donors (Lipinski definition) is 1. The van der Waals surface area contributed by atoms with Gasteiger partial charge in [-0.25, -0.2) is 9.97 Å². The third-order valence-electron chi connectivity index (χ3n) is 4.47. The van der Waals surface area contributed by atoms with Crippen LogP contribution in [0.3, 0.4) is 0 Å². The van der Waals surface area contributed by atoms with Crippen molar-refractivity contribution in [1.82, 2.24) is 9.97 Å². The zero-order valence-electron chi connectivity index (χ0n) is 13.8. The van der Waals surface area contributed by atoms with Crippen LogP contribution in [0.5, 0.6) is 11.5 Å². The molecule has 3 aromatic rings. The summed E-state index contributed by atoms with van der Waals surface area (Å²) in [5.41, 5.74) is 5.74. The van der Waals surface area contributed by atoms with Gasteiger partial charge in [-0.1, -0.05) is 12.1 Å². The molecule has 0 saturated heterocycles. The van der Waals surface area contributed by atoms with Gasteiger partial charge in [0.05, 0.1) is 25.4 Å². The summed E-state index contributed by atoms with van der Waals surface area (Å²) in [6.45, 7) is 1.02. The van der Waals surface area contributed by atoms with Gasteiger partial charge in [-0.2, -0.15) is 0 Å². The second-order valence-corrected chi connectivity index (χ2v) is 5.89. The minimum atomic E-state index is 0.679. The van der Waals surface area contributed by atoms with Crippen LogP contribution in [-0.4, -0.2) is 30.7 Å². The van der Waals surface area contributed by atoms with Crippen LogP contribution in [0, 0.1) is 0 Å². The number of ether oxygens (including phenoxy) is 2. The van der Waals surface area contributed by atoms with E-state index in [0.717, 1.165) is 36.0 Å². The van der Waals surface area contributed by atoms with Gasteiger partial charge in [0.2, 0.25) is 0 Å². The van der Waals surface area contributed by atoms with Crippen molar-refractivity contribution in [3.8, 4) is 11.5 Å². The first-order valence-corrected chi connectivity index (χ1v) is 8.00. The molecule has 0 saturated carbocycles. The fourth-order valence-corrected chi connectivity index (χ4v) is 3.24. The molecule has 4 rings (SSSR count). The highest BCUT2D eigenvalue weighted by Gasteiger charge is 2.13. The van der Waals surface area contributed by atoms with Crippen molar-refractivity contribution < 1.29 is 9.47 Å². The standard InChI is InChI=1S/C19H19N3O2/c1-23-18-9-14-16(21-11-22-17(14)10-19(18)24-2)8-12-3-4-15-13(7-12)5-6-20-15/h3-4,7,9-11,20H,5-6,8H2,1-2H3. The minimum absolute atomic E-state index is 0.679. The van der Waals surface area contributed by atoms with E-state index in [4.69, 9.17) is 9.47 Å². The molecule has 122 valence electrons. The Hall–Kier alpha value is -2.82. The number of nitrogens with zero attached hydrogens (tertiary/aromatic N) is 2. The van der Waals surface area contributed by atoms with E-state index in [0.29, 0.717) is 11.5 Å². The summed E-state index contributed by atoms with van der Waals surface area (Å²) in [5.74, 6) is 1.37. The average molecular weight is 321 g/mol. The van der Waals surface area contributed by atoms with Crippen molar-refractivity contribution in [3.05, 3.63) is 53.5 Å². The van der Waals surface area contributed by atoms with Crippen LogP contribution < -0.4 is 14.8 Å². The Balaban J connectivity index is 1.76. The van der Waals surface area contributed by atoms with Crippen LogP contribution in [0.2, 0.25) is 0 Å². The number of methoxy groups -OCH3 is 2. The number of benzene rings is 2. The lowest BCUT2D eigenvalue weighted by atomic mass is 10.0. The van der Waals surface area contributed by atoms with Gasteiger partial charge in [0, 0.05) is 30.1 Å². The van der Waals surface area contributed by atoms with Crippen molar-refractivity contribution >= 4 is 16.6 Å². The van der Waals surface area contributed by atoms with Gasteiger partial charge in [-0.05, 0) is 29.7 Å². The molecule has 0 fully saturated rings. The first-order valence-electron chi connectivity index (χ1n) is 8.00. The smallest absolute Gasteiger partial charge is 0.162 e. The molecule has 2 aromatic carbocycles. The van der Waals surface area contributed by atoms with Gasteiger partial charge in [0.25, 0.3) is 0 Å². The van der Waals surface area contributed by atoms with E-state index in [1.165, 1.54) is 16.8 Å². The molecular weight excluding hydrogens is 302 g/mol. The van der Waals surface area contributed by atoms with Gasteiger partial charge < -0.3 is 14.8 Å². The van der Waals surface area contributed by atoms with E-state index < -0.39 is 0 Å². The number of nitrogens with one attached hydrogen (secondary N) is 1. The van der Waals surface area contributed by atoms with Gasteiger partial charge in [-0.3, -0.25) is 0 Å². The lowest BCUT2D eigenvalue weighted by Crippen LogP contribution is -1.98. The topological polar surface area (TPSA) is 56.3 Å². The molecule has 0 radical (unpaired) electrons. The third kappa shape index (κ3) is 2.52. The largest absolute Gasteiger partial charge is 0.493 e. The number of fused-ring (bicyclic) bond motifs is 2. The van der Waals surface area contributed by atoms with Crippen LogP contribution in [0.15, 0.2) is 36.7 Å². The highest BCUT2D eigenvalue weighted by atomic mass is 16.5. The van der Waals surface area contributed by atoms with Crippen LogP contribution >= 0.6 is 0 Å². The molecule has 24 heavy (non-hydrogen) atoms. The number of hydrogen-bond acceptors (Lipinski definition) is 5. The molecule has 1 aromatic heterocycles. The van der Waals surface area contributed by atoms with Crippen molar-refractivity contribution in [3.63, 3.8) is 0 Å². The predicted octanol–water partition coefficient (Wildman–Crippen LogP) is 3.21. The molecule has 0 amide bonds. The Bertz CT molecular complexity index is 908. The second kappa shape index (κ2) is 6.00. The summed E-state index contributed by atoms with van der Waals surface area (Å²) < 4.78 is 10.8. The molecule has 5 heteroatoms. The van der Waals surface area contributed by atoms with Gasteiger partial charge in [0.15, 0.2) is 11.5 Å². The molecule has 1 N–H and O–H groups in total. The molecule has 0 unspecified atom stereocenters. The maximum atomic E-state index is 5.42. The fraction of sp³-hybridized carbons (Fsp3) is 0.263. The van der Waals surface area contributed by atoms with Crippen molar-refractivity contribution in [2.75, 3.05) is 26.1 Å². The zero-order valence-corrected chi connectivity index (χ0v) is 13.8. The SMILES string of the molecule is COc1cc2ncnc(Cc3ccc4c(c3)CCN4)c2cc1OC. The summed E-state index contributed by atoms with van der Waals surface area (Å²) >= 11 is 0. The molecule has 1 aliphatic heterocycles. The van der Waals surface area contributed by atoms with E-state index in [1.807, 2.05) is 12.1 Å². The maximum Gasteiger partial charge on any atom is 0.162 e. The second-order valence-electron chi connectivity index (χ2n) is 5.89. The summed E-state index contributed by atoms with van der Waals surface area (Å²) in [6.07, 6.45) is 3.46. The molecule has 2 heterocycles. The number of aromatic nitrogens is 2. The molecule has 1 aliphatic rings. The first kappa shape index (κ1) is 14.8. The minimum Gasteiger partial charge on any atom is -0.493 e. The average Bonchev–Trinajstić information content (AvgIpc) is 3.08. The predicted molar refractivity (Wildman–Crippen MR) is 94.1 cm³/mol. The van der Waals surface area contributed by atoms with Crippen molar-refractivity contribution in [2.24, 2.45) is 0 Å². The Morgan fingerprint density at radius 2 is 1.88 bits per heavy atom.